The highest BCUT2D eigenvalue weighted by molar-refractivity contribution is 6.31. The first-order chi connectivity index (χ1) is 15.3. The third-order valence-corrected chi connectivity index (χ3v) is 5.50. The molecule has 0 bridgehead atoms. The molecule has 0 saturated heterocycles. The summed E-state index contributed by atoms with van der Waals surface area (Å²) < 4.78 is 0. The summed E-state index contributed by atoms with van der Waals surface area (Å²) in [5.41, 5.74) is 7.85. The quantitative estimate of drug-likeness (QED) is 0.578. The summed E-state index contributed by atoms with van der Waals surface area (Å²) in [7, 11) is 0. The Bertz CT molecular complexity index is 1140. The molecule has 0 aliphatic carbocycles. The van der Waals surface area contributed by atoms with Crippen molar-refractivity contribution in [3.63, 3.8) is 0 Å². The van der Waals surface area contributed by atoms with E-state index in [1.165, 1.54) is 18.3 Å². The van der Waals surface area contributed by atoms with Gasteiger partial charge in [-0.15, -0.1) is 0 Å². The van der Waals surface area contributed by atoms with Crippen molar-refractivity contribution in [3.05, 3.63) is 76.0 Å². The largest absolute Gasteiger partial charge is 0.404 e. The Kier molecular flexibility index (Phi) is 6.96. The lowest BCUT2D eigenvalue weighted by Crippen LogP contribution is -2.53. The lowest BCUT2D eigenvalue weighted by atomic mass is 9.79. The number of hydrogen-bond donors (Lipinski definition) is 3. The van der Waals surface area contributed by atoms with E-state index in [-0.39, 0.29) is 11.8 Å². The Morgan fingerprint density at radius 2 is 2.06 bits per heavy atom. The van der Waals surface area contributed by atoms with Gasteiger partial charge in [-0.05, 0) is 35.7 Å². The van der Waals surface area contributed by atoms with E-state index in [4.69, 9.17) is 22.7 Å². The van der Waals surface area contributed by atoms with Crippen molar-refractivity contribution < 1.29 is 9.59 Å². The van der Waals surface area contributed by atoms with Crippen molar-refractivity contribution in [2.24, 2.45) is 11.7 Å². The number of halogens is 1. The molecule has 0 radical (unpaired) electrons. The molecule has 2 aromatic carbocycles. The zero-order chi connectivity index (χ0) is 23.4. The lowest BCUT2D eigenvalue weighted by Gasteiger charge is -2.42. The van der Waals surface area contributed by atoms with E-state index in [1.807, 2.05) is 19.9 Å². The first-order valence-electron chi connectivity index (χ1n) is 10.1. The summed E-state index contributed by atoms with van der Waals surface area (Å²) in [6.45, 7) is 4.35. The number of fused-ring (bicyclic) bond motifs is 1. The van der Waals surface area contributed by atoms with Gasteiger partial charge < -0.3 is 21.4 Å². The van der Waals surface area contributed by atoms with Crippen molar-refractivity contribution >= 4 is 35.3 Å². The molecule has 0 spiro atoms. The molecular formula is C24H24ClN5O2. The number of nitrogens with two attached hydrogens (primary N) is 1. The first-order valence-corrected chi connectivity index (χ1v) is 10.5. The van der Waals surface area contributed by atoms with Crippen LogP contribution in [0.4, 0.5) is 5.69 Å². The molecule has 2 atom stereocenters. The number of anilines is 1. The van der Waals surface area contributed by atoms with E-state index in [9.17, 15) is 14.9 Å². The summed E-state index contributed by atoms with van der Waals surface area (Å²) in [6, 6.07) is 12.8. The molecule has 0 fully saturated rings. The van der Waals surface area contributed by atoms with E-state index >= 15 is 0 Å². The molecule has 164 valence electrons. The Morgan fingerprint density at radius 1 is 1.34 bits per heavy atom. The fourth-order valence-electron chi connectivity index (χ4n) is 4.02. The molecule has 2 amide bonds. The van der Waals surface area contributed by atoms with Gasteiger partial charge in [0.05, 0.1) is 23.6 Å². The number of hydrogen-bond acceptors (Lipinski definition) is 5. The fraction of sp³-hybridized carbons (Fsp3) is 0.250. The van der Waals surface area contributed by atoms with Gasteiger partial charge in [0, 0.05) is 40.8 Å². The van der Waals surface area contributed by atoms with E-state index in [0.717, 1.165) is 6.21 Å². The molecule has 1 heterocycles. The molecule has 32 heavy (non-hydrogen) atoms. The Hall–Kier alpha value is -3.63. The van der Waals surface area contributed by atoms with Crippen LogP contribution in [-0.4, -0.2) is 35.5 Å². The number of rotatable bonds is 6. The third-order valence-electron chi connectivity index (χ3n) is 5.28. The number of carbonyl (C=O) groups excluding carboxylic acids is 2. The van der Waals surface area contributed by atoms with E-state index in [0.29, 0.717) is 39.5 Å². The second-order valence-corrected chi connectivity index (χ2v) is 8.44. The summed E-state index contributed by atoms with van der Waals surface area (Å²) >= 11 is 6.09. The van der Waals surface area contributed by atoms with Crippen LogP contribution < -0.4 is 11.1 Å². The molecule has 0 saturated carbocycles. The van der Waals surface area contributed by atoms with Crippen LogP contribution in [0.5, 0.6) is 0 Å². The Labute approximate surface area is 192 Å². The minimum atomic E-state index is -0.816. The third kappa shape index (κ3) is 4.51. The monoisotopic (exact) mass is 449 g/mol. The molecule has 1 aliphatic heterocycles. The van der Waals surface area contributed by atoms with Crippen LogP contribution in [0.2, 0.25) is 5.02 Å². The van der Waals surface area contributed by atoms with Crippen LogP contribution in [0.25, 0.3) is 0 Å². The van der Waals surface area contributed by atoms with Crippen LogP contribution in [0, 0.1) is 22.7 Å². The maximum absolute atomic E-state index is 13.6. The number of amides is 2. The van der Waals surface area contributed by atoms with Gasteiger partial charge in [-0.2, -0.15) is 5.26 Å². The SMILES string of the molecule is CC(C)CN1C(=O)c2ccccc2[C@@H](C(=O)Nc2cc(Cl)cc(C#N)c2)[C@@H]1/C(C=N)=C/N. The molecule has 3 rings (SSSR count). The molecule has 4 N–H and O–H groups in total. The zero-order valence-electron chi connectivity index (χ0n) is 17.8. The highest BCUT2D eigenvalue weighted by atomic mass is 35.5. The summed E-state index contributed by atoms with van der Waals surface area (Å²) in [5, 5.41) is 20.2. The molecular weight excluding hydrogens is 426 g/mol. The minimum absolute atomic E-state index is 0.131. The highest BCUT2D eigenvalue weighted by Gasteiger charge is 2.44. The van der Waals surface area contributed by atoms with Gasteiger partial charge in [0.2, 0.25) is 5.91 Å². The molecule has 1 aliphatic rings. The summed E-state index contributed by atoms with van der Waals surface area (Å²) in [5.74, 6) is -1.29. The maximum Gasteiger partial charge on any atom is 0.254 e. The van der Waals surface area contributed by atoms with E-state index in [2.05, 4.69) is 5.32 Å². The second-order valence-electron chi connectivity index (χ2n) is 8.00. The van der Waals surface area contributed by atoms with Crippen molar-refractivity contribution in [2.45, 2.75) is 25.8 Å². The van der Waals surface area contributed by atoms with Gasteiger partial charge in [0.1, 0.15) is 0 Å². The fourth-order valence-corrected chi connectivity index (χ4v) is 4.25. The maximum atomic E-state index is 13.6. The van der Waals surface area contributed by atoms with E-state index < -0.39 is 17.9 Å². The average Bonchev–Trinajstić information content (AvgIpc) is 2.76. The van der Waals surface area contributed by atoms with Gasteiger partial charge in [0.25, 0.3) is 5.91 Å². The molecule has 0 unspecified atom stereocenters. The topological polar surface area (TPSA) is 123 Å². The van der Waals surface area contributed by atoms with E-state index in [1.54, 1.807) is 35.2 Å². The van der Waals surface area contributed by atoms with Crippen LogP contribution in [0.3, 0.4) is 0 Å². The minimum Gasteiger partial charge on any atom is -0.404 e. The molecule has 8 heteroatoms. The highest BCUT2D eigenvalue weighted by Crippen LogP contribution is 2.38. The summed E-state index contributed by atoms with van der Waals surface area (Å²) in [4.78, 5) is 28.6. The van der Waals surface area contributed by atoms with Crippen LogP contribution in [-0.2, 0) is 4.79 Å². The van der Waals surface area contributed by atoms with Gasteiger partial charge in [0.15, 0.2) is 0 Å². The smallest absolute Gasteiger partial charge is 0.254 e. The number of carbonyl (C=O) groups is 2. The van der Waals surface area contributed by atoms with Gasteiger partial charge in [-0.25, -0.2) is 0 Å². The van der Waals surface area contributed by atoms with Crippen molar-refractivity contribution in [1.29, 1.82) is 10.7 Å². The number of nitrogens with one attached hydrogen (secondary N) is 2. The second kappa shape index (κ2) is 9.67. The standard InChI is InChI=1S/C24H24ClN5O2/c1-14(2)13-30-22(16(11-27)12-28)21(19-5-3-4-6-20(19)24(30)32)23(31)29-18-8-15(10-26)7-17(25)9-18/h3-9,11-12,14,21-22,27H,13,28H2,1-2H3,(H,29,31)/b16-12+,27-11?/t21-,22+/m1/s1. The van der Waals surface area contributed by atoms with Crippen molar-refractivity contribution in [2.75, 3.05) is 11.9 Å². The zero-order valence-corrected chi connectivity index (χ0v) is 18.6. The molecule has 2 aromatic rings. The predicted molar refractivity (Wildman–Crippen MR) is 125 cm³/mol. The number of nitrogens with zero attached hydrogens (tertiary/aromatic N) is 2. The number of nitriles is 1. The Balaban J connectivity index is 2.14. The van der Waals surface area contributed by atoms with Crippen LogP contribution in [0.15, 0.2) is 54.2 Å². The average molecular weight is 450 g/mol. The normalized spacial score (nSPS) is 18.2. The first kappa shape index (κ1) is 23.0. The van der Waals surface area contributed by atoms with Crippen molar-refractivity contribution in [1.82, 2.24) is 4.90 Å². The Morgan fingerprint density at radius 3 is 2.69 bits per heavy atom. The lowest BCUT2D eigenvalue weighted by molar-refractivity contribution is -0.118. The van der Waals surface area contributed by atoms with Gasteiger partial charge in [-0.1, -0.05) is 43.6 Å². The predicted octanol–water partition coefficient (Wildman–Crippen LogP) is 3.91. The molecule has 0 aromatic heterocycles. The van der Waals surface area contributed by atoms with Crippen LogP contribution >= 0.6 is 11.6 Å². The van der Waals surface area contributed by atoms with Crippen molar-refractivity contribution in [3.8, 4) is 6.07 Å². The van der Waals surface area contributed by atoms with Crippen LogP contribution in [0.1, 0.15) is 41.3 Å². The van der Waals surface area contributed by atoms with Gasteiger partial charge >= 0.3 is 0 Å². The summed E-state index contributed by atoms with van der Waals surface area (Å²) in [6.07, 6.45) is 2.34. The van der Waals surface area contributed by atoms with Gasteiger partial charge in [-0.3, -0.25) is 9.59 Å². The molecule has 7 nitrogen and oxygen atoms in total. The number of benzene rings is 2.